The van der Waals surface area contributed by atoms with Crippen molar-refractivity contribution in [1.29, 1.82) is 5.26 Å². The summed E-state index contributed by atoms with van der Waals surface area (Å²) in [6, 6.07) is 8.22. The zero-order valence-electron chi connectivity index (χ0n) is 11.1. The SMILES string of the molecule is N#Cc1ccccc1CS(=O)(=O)NC1CCCCC1O. The number of aliphatic hydroxyl groups excluding tert-OH is 1. The second-order valence-corrected chi connectivity index (χ2v) is 6.86. The molecule has 0 radical (unpaired) electrons. The highest BCUT2D eigenvalue weighted by atomic mass is 32.2. The predicted octanol–water partition coefficient (Wildman–Crippen LogP) is 1.28. The monoisotopic (exact) mass is 294 g/mol. The molecule has 1 aromatic rings. The lowest BCUT2D eigenvalue weighted by atomic mass is 9.93. The molecule has 2 rings (SSSR count). The topological polar surface area (TPSA) is 90.2 Å². The van der Waals surface area contributed by atoms with Crippen LogP contribution in [0.25, 0.3) is 0 Å². The van der Waals surface area contributed by atoms with Gasteiger partial charge in [0, 0.05) is 6.04 Å². The Morgan fingerprint density at radius 1 is 1.30 bits per heavy atom. The third-order valence-electron chi connectivity index (χ3n) is 3.54. The van der Waals surface area contributed by atoms with Crippen LogP contribution in [0.5, 0.6) is 0 Å². The molecule has 1 fully saturated rings. The Balaban J connectivity index is 2.09. The minimum atomic E-state index is -3.56. The highest BCUT2D eigenvalue weighted by Crippen LogP contribution is 2.20. The number of nitriles is 1. The van der Waals surface area contributed by atoms with Crippen LogP contribution in [0.2, 0.25) is 0 Å². The van der Waals surface area contributed by atoms with Gasteiger partial charge in [-0.1, -0.05) is 31.0 Å². The second kappa shape index (κ2) is 6.35. The predicted molar refractivity (Wildman–Crippen MR) is 75.2 cm³/mol. The van der Waals surface area contributed by atoms with Crippen molar-refractivity contribution in [1.82, 2.24) is 4.72 Å². The molecule has 0 aliphatic heterocycles. The molecule has 1 aliphatic carbocycles. The van der Waals surface area contributed by atoms with Gasteiger partial charge in [0.2, 0.25) is 10.0 Å². The first-order valence-electron chi connectivity index (χ1n) is 6.68. The van der Waals surface area contributed by atoms with Crippen molar-refractivity contribution in [2.24, 2.45) is 0 Å². The molecule has 108 valence electrons. The lowest BCUT2D eigenvalue weighted by molar-refractivity contribution is 0.101. The van der Waals surface area contributed by atoms with E-state index in [1.807, 2.05) is 6.07 Å². The Kier molecular flexibility index (Phi) is 4.76. The number of sulfonamides is 1. The molecule has 0 aromatic heterocycles. The first-order chi connectivity index (χ1) is 9.52. The normalized spacial score (nSPS) is 23.2. The third kappa shape index (κ3) is 3.79. The molecule has 1 aliphatic rings. The van der Waals surface area contributed by atoms with Gasteiger partial charge < -0.3 is 5.11 Å². The molecule has 6 heteroatoms. The number of nitrogens with zero attached hydrogens (tertiary/aromatic N) is 1. The fourth-order valence-electron chi connectivity index (χ4n) is 2.48. The highest BCUT2D eigenvalue weighted by Gasteiger charge is 2.27. The summed E-state index contributed by atoms with van der Waals surface area (Å²) in [6.45, 7) is 0. The van der Waals surface area contributed by atoms with E-state index in [4.69, 9.17) is 5.26 Å². The summed E-state index contributed by atoms with van der Waals surface area (Å²) >= 11 is 0. The fourth-order valence-corrected chi connectivity index (χ4v) is 3.96. The van der Waals surface area contributed by atoms with Crippen LogP contribution in [-0.4, -0.2) is 25.7 Å². The summed E-state index contributed by atoms with van der Waals surface area (Å²) in [5.74, 6) is -0.236. The van der Waals surface area contributed by atoms with E-state index < -0.39 is 22.2 Å². The van der Waals surface area contributed by atoms with Gasteiger partial charge in [0.05, 0.1) is 23.5 Å². The van der Waals surface area contributed by atoms with Crippen LogP contribution in [0.4, 0.5) is 0 Å². The van der Waals surface area contributed by atoms with Crippen LogP contribution in [0.3, 0.4) is 0 Å². The standard InChI is InChI=1S/C14H18N2O3S/c15-9-11-5-1-2-6-12(11)10-20(18,19)16-13-7-3-4-8-14(13)17/h1-2,5-6,13-14,16-17H,3-4,7-8,10H2. The van der Waals surface area contributed by atoms with Gasteiger partial charge in [-0.25, -0.2) is 13.1 Å². The number of rotatable bonds is 4. The molecule has 1 aromatic carbocycles. The van der Waals surface area contributed by atoms with Gasteiger partial charge in [0.25, 0.3) is 0 Å². The molecular weight excluding hydrogens is 276 g/mol. The average Bonchev–Trinajstić information content (AvgIpc) is 2.41. The Morgan fingerprint density at radius 2 is 2.00 bits per heavy atom. The van der Waals surface area contributed by atoms with Crippen LogP contribution in [0, 0.1) is 11.3 Å². The molecule has 2 N–H and O–H groups in total. The van der Waals surface area contributed by atoms with Gasteiger partial charge in [-0.3, -0.25) is 0 Å². The van der Waals surface area contributed by atoms with Crippen LogP contribution in [-0.2, 0) is 15.8 Å². The highest BCUT2D eigenvalue weighted by molar-refractivity contribution is 7.88. The third-order valence-corrected chi connectivity index (χ3v) is 4.90. The minimum Gasteiger partial charge on any atom is -0.391 e. The van der Waals surface area contributed by atoms with E-state index in [0.717, 1.165) is 12.8 Å². The first kappa shape index (κ1) is 15.0. The van der Waals surface area contributed by atoms with Crippen LogP contribution >= 0.6 is 0 Å². The van der Waals surface area contributed by atoms with Crippen LogP contribution < -0.4 is 4.72 Å². The van der Waals surface area contributed by atoms with E-state index in [0.29, 0.717) is 24.0 Å². The van der Waals surface area contributed by atoms with Crippen molar-refractivity contribution in [3.05, 3.63) is 35.4 Å². The van der Waals surface area contributed by atoms with Gasteiger partial charge in [0.15, 0.2) is 0 Å². The first-order valence-corrected chi connectivity index (χ1v) is 8.33. The maximum absolute atomic E-state index is 12.2. The summed E-state index contributed by atoms with van der Waals surface area (Å²) in [5.41, 5.74) is 0.842. The quantitative estimate of drug-likeness (QED) is 0.875. The Morgan fingerprint density at radius 3 is 2.70 bits per heavy atom. The Hall–Kier alpha value is -1.42. The summed E-state index contributed by atoms with van der Waals surface area (Å²) in [4.78, 5) is 0. The number of aliphatic hydroxyl groups is 1. The van der Waals surface area contributed by atoms with Gasteiger partial charge in [0.1, 0.15) is 0 Å². The second-order valence-electron chi connectivity index (χ2n) is 5.10. The maximum Gasteiger partial charge on any atom is 0.216 e. The van der Waals surface area contributed by atoms with Crippen molar-refractivity contribution in [2.75, 3.05) is 0 Å². The van der Waals surface area contributed by atoms with Gasteiger partial charge in [-0.05, 0) is 24.5 Å². The molecule has 2 unspecified atom stereocenters. The molecule has 20 heavy (non-hydrogen) atoms. The van der Waals surface area contributed by atoms with E-state index in [1.54, 1.807) is 24.3 Å². The Labute approximate surface area is 119 Å². The summed E-state index contributed by atoms with van der Waals surface area (Å²) < 4.78 is 26.9. The van der Waals surface area contributed by atoms with E-state index in [1.165, 1.54) is 0 Å². The van der Waals surface area contributed by atoms with Crippen molar-refractivity contribution in [3.8, 4) is 6.07 Å². The van der Waals surface area contributed by atoms with Crippen molar-refractivity contribution < 1.29 is 13.5 Å². The van der Waals surface area contributed by atoms with Crippen molar-refractivity contribution in [2.45, 2.75) is 43.6 Å². The van der Waals surface area contributed by atoms with Gasteiger partial charge in [-0.2, -0.15) is 5.26 Å². The van der Waals surface area contributed by atoms with E-state index in [-0.39, 0.29) is 5.75 Å². The molecule has 1 saturated carbocycles. The molecule has 0 heterocycles. The van der Waals surface area contributed by atoms with E-state index in [2.05, 4.69) is 4.72 Å². The van der Waals surface area contributed by atoms with Gasteiger partial charge in [-0.15, -0.1) is 0 Å². The molecule has 5 nitrogen and oxygen atoms in total. The molecule has 0 saturated heterocycles. The van der Waals surface area contributed by atoms with Crippen LogP contribution in [0.15, 0.2) is 24.3 Å². The van der Waals surface area contributed by atoms with E-state index in [9.17, 15) is 13.5 Å². The van der Waals surface area contributed by atoms with Crippen molar-refractivity contribution >= 4 is 10.0 Å². The lowest BCUT2D eigenvalue weighted by Gasteiger charge is -2.28. The zero-order chi connectivity index (χ0) is 14.6. The largest absolute Gasteiger partial charge is 0.391 e. The number of hydrogen-bond donors (Lipinski definition) is 2. The summed E-state index contributed by atoms with van der Waals surface area (Å²) in [7, 11) is -3.56. The molecular formula is C14H18N2O3S. The average molecular weight is 294 g/mol. The lowest BCUT2D eigenvalue weighted by Crippen LogP contribution is -2.45. The summed E-state index contributed by atoms with van der Waals surface area (Å²) in [5, 5.41) is 18.8. The molecule has 0 spiro atoms. The summed E-state index contributed by atoms with van der Waals surface area (Å²) in [6.07, 6.45) is 2.50. The number of hydrogen-bond acceptors (Lipinski definition) is 4. The van der Waals surface area contributed by atoms with Crippen LogP contribution in [0.1, 0.15) is 36.8 Å². The maximum atomic E-state index is 12.2. The minimum absolute atomic E-state index is 0.236. The van der Waals surface area contributed by atoms with Gasteiger partial charge >= 0.3 is 0 Å². The fraction of sp³-hybridized carbons (Fsp3) is 0.500. The van der Waals surface area contributed by atoms with E-state index >= 15 is 0 Å². The van der Waals surface area contributed by atoms with Crippen molar-refractivity contribution in [3.63, 3.8) is 0 Å². The number of benzene rings is 1. The molecule has 0 amide bonds. The molecule has 2 atom stereocenters. The molecule has 0 bridgehead atoms. The smallest absolute Gasteiger partial charge is 0.216 e. The number of nitrogens with one attached hydrogen (secondary N) is 1. The zero-order valence-corrected chi connectivity index (χ0v) is 11.9. The Bertz CT molecular complexity index is 607.